The summed E-state index contributed by atoms with van der Waals surface area (Å²) in [5, 5.41) is 0.405. The van der Waals surface area contributed by atoms with Gasteiger partial charge in [-0.05, 0) is 6.07 Å². The number of aromatic nitrogens is 2. The van der Waals surface area contributed by atoms with E-state index in [0.717, 1.165) is 0 Å². The smallest absolute Gasteiger partial charge is 0.740 e. The first-order chi connectivity index (χ1) is 3.39. The van der Waals surface area contributed by atoms with Crippen LogP contribution in [0.5, 0.6) is 0 Å². The molecule has 0 atom stereocenters. The van der Waals surface area contributed by atoms with E-state index in [2.05, 4.69) is 22.6 Å². The predicted molar refractivity (Wildman–Crippen MR) is 27.7 cm³/mol. The molecule has 0 saturated heterocycles. The summed E-state index contributed by atoms with van der Waals surface area (Å²) in [4.78, 5) is 7.37. The van der Waals surface area contributed by atoms with Gasteiger partial charge >= 0.3 is 18.9 Å². The van der Waals surface area contributed by atoms with Gasteiger partial charge in [0.25, 0.3) is 0 Å². The molecule has 0 aromatic carbocycles. The van der Waals surface area contributed by atoms with Crippen molar-refractivity contribution in [1.82, 2.24) is 9.97 Å². The Morgan fingerprint density at radius 1 is 1.25 bits per heavy atom. The molecule has 1 aromatic heterocycles. The Morgan fingerprint density at radius 2 is 1.75 bits per heavy atom. The fraction of sp³-hybridized carbons (Fsp3) is 0. The van der Waals surface area contributed by atoms with E-state index >= 15 is 0 Å². The maximum absolute atomic E-state index is 4.59. The van der Waals surface area contributed by atoms with Crippen molar-refractivity contribution in [2.75, 3.05) is 0 Å². The van der Waals surface area contributed by atoms with E-state index in [1.54, 1.807) is 18.5 Å². The summed E-state index contributed by atoms with van der Waals surface area (Å²) in [6.07, 6.45) is 3.24. The zero-order valence-corrected chi connectivity index (χ0v) is 5.35. The molecule has 0 saturated carbocycles. The van der Waals surface area contributed by atoms with Gasteiger partial charge in [-0.15, -0.1) is 0 Å². The molecule has 0 radical (unpaired) electrons. The molecule has 0 fully saturated rings. The molecule has 4 heteroatoms. The quantitative estimate of drug-likeness (QED) is 0.212. The second-order valence-corrected chi connectivity index (χ2v) is 1.40. The third kappa shape index (κ3) is 2.27. The average Bonchev–Trinajstić information content (AvgIpc) is 1.69. The summed E-state index contributed by atoms with van der Waals surface area (Å²) in [5.41, 5.74) is 0. The van der Waals surface area contributed by atoms with Crippen LogP contribution in [0.3, 0.4) is 0 Å². The van der Waals surface area contributed by atoms with Gasteiger partial charge in [-0.25, -0.2) is 0 Å². The van der Waals surface area contributed by atoms with Crippen LogP contribution in [0.2, 0.25) is 0 Å². The molecule has 1 aromatic rings. The minimum Gasteiger partial charge on any atom is -0.740 e. The predicted octanol–water partition coefficient (Wildman–Crippen LogP) is -2.61. The van der Waals surface area contributed by atoms with Crippen molar-refractivity contribution in [2.45, 2.75) is 5.16 Å². The Bertz CT molecular complexity index is 144. The Hall–Kier alpha value is -0.103. The number of hydrogen-bond acceptors (Lipinski definition) is 3. The van der Waals surface area contributed by atoms with Crippen molar-refractivity contribution in [3.05, 3.63) is 18.5 Å². The second-order valence-electron chi connectivity index (χ2n) is 1.03. The molecule has 2 nitrogen and oxygen atoms in total. The van der Waals surface area contributed by atoms with Crippen LogP contribution in [0.15, 0.2) is 23.6 Å². The Morgan fingerprint density at radius 3 is 2.00 bits per heavy atom. The van der Waals surface area contributed by atoms with Gasteiger partial charge in [-0.1, -0.05) is 0 Å². The van der Waals surface area contributed by atoms with Crippen molar-refractivity contribution in [3.8, 4) is 0 Å². The van der Waals surface area contributed by atoms with Gasteiger partial charge < -0.3 is 12.6 Å². The SMILES string of the molecule is [Li+].[S-]c1ncccn1. The normalized spacial score (nSPS) is 7.50. The van der Waals surface area contributed by atoms with Crippen LogP contribution in [-0.2, 0) is 12.6 Å². The zero-order valence-electron chi connectivity index (χ0n) is 4.53. The summed E-state index contributed by atoms with van der Waals surface area (Å²) in [6.45, 7) is 0. The summed E-state index contributed by atoms with van der Waals surface area (Å²) in [5.74, 6) is 0. The van der Waals surface area contributed by atoms with E-state index in [0.29, 0.717) is 5.16 Å². The number of rotatable bonds is 0. The first-order valence-electron chi connectivity index (χ1n) is 1.83. The second kappa shape index (κ2) is 3.85. The summed E-state index contributed by atoms with van der Waals surface area (Å²) in [6, 6.07) is 1.73. The molecule has 8 heavy (non-hydrogen) atoms. The van der Waals surface area contributed by atoms with Crippen LogP contribution in [0.1, 0.15) is 0 Å². The minimum absolute atomic E-state index is 0. The Balaban J connectivity index is 0.000000490. The van der Waals surface area contributed by atoms with Gasteiger partial charge in [0.2, 0.25) is 0 Å². The first-order valence-corrected chi connectivity index (χ1v) is 2.24. The molecule has 1 heterocycles. The molecule has 0 unspecified atom stereocenters. The summed E-state index contributed by atoms with van der Waals surface area (Å²) >= 11 is 4.59. The molecule has 0 bridgehead atoms. The van der Waals surface area contributed by atoms with E-state index < -0.39 is 0 Å². The van der Waals surface area contributed by atoms with Gasteiger partial charge in [-0.2, -0.15) is 0 Å². The van der Waals surface area contributed by atoms with Crippen LogP contribution >= 0.6 is 0 Å². The Kier molecular flexibility index (Phi) is 3.80. The molecule has 36 valence electrons. The molecule has 0 aliphatic heterocycles. The molecule has 0 aliphatic rings. The van der Waals surface area contributed by atoms with Gasteiger partial charge in [-0.3, -0.25) is 9.97 Å². The van der Waals surface area contributed by atoms with Crippen LogP contribution in [0.25, 0.3) is 0 Å². The van der Waals surface area contributed by atoms with Gasteiger partial charge in [0.1, 0.15) is 0 Å². The monoisotopic (exact) mass is 118 g/mol. The molecule has 0 spiro atoms. The van der Waals surface area contributed by atoms with E-state index in [1.807, 2.05) is 0 Å². The topological polar surface area (TPSA) is 25.8 Å². The third-order valence-corrected chi connectivity index (χ3v) is 0.753. The summed E-state index contributed by atoms with van der Waals surface area (Å²) < 4.78 is 0. The van der Waals surface area contributed by atoms with Crippen molar-refractivity contribution in [3.63, 3.8) is 0 Å². The minimum atomic E-state index is 0. The molecule has 0 amide bonds. The largest absolute Gasteiger partial charge is 1.00 e. The fourth-order valence-electron chi connectivity index (χ4n) is 0.285. The van der Waals surface area contributed by atoms with Crippen LogP contribution in [-0.4, -0.2) is 9.97 Å². The maximum Gasteiger partial charge on any atom is 1.00 e. The summed E-state index contributed by atoms with van der Waals surface area (Å²) in [7, 11) is 0. The van der Waals surface area contributed by atoms with E-state index in [1.165, 1.54) is 0 Å². The van der Waals surface area contributed by atoms with Crippen molar-refractivity contribution >= 4 is 12.6 Å². The van der Waals surface area contributed by atoms with E-state index in [4.69, 9.17) is 0 Å². The van der Waals surface area contributed by atoms with Crippen molar-refractivity contribution < 1.29 is 18.9 Å². The zero-order chi connectivity index (χ0) is 5.11. The van der Waals surface area contributed by atoms with Gasteiger partial charge in [0, 0.05) is 17.6 Å². The van der Waals surface area contributed by atoms with Crippen molar-refractivity contribution in [2.24, 2.45) is 0 Å². The molecule has 1 rings (SSSR count). The number of hydrogen-bond donors (Lipinski definition) is 0. The van der Waals surface area contributed by atoms with E-state index in [-0.39, 0.29) is 18.9 Å². The third-order valence-electron chi connectivity index (χ3n) is 0.542. The standard InChI is InChI=1S/C4H4N2S.Li/c7-4-5-2-1-3-6-4;/h1-3H,(H,5,6,7);/q;+1/p-1. The van der Waals surface area contributed by atoms with Crippen molar-refractivity contribution in [1.29, 1.82) is 0 Å². The molecular formula is C4H3LiN2S. The maximum atomic E-state index is 4.59. The van der Waals surface area contributed by atoms with Crippen LogP contribution < -0.4 is 18.9 Å². The van der Waals surface area contributed by atoms with Crippen LogP contribution in [0, 0.1) is 0 Å². The Labute approximate surface area is 65.3 Å². The molecule has 0 aliphatic carbocycles. The van der Waals surface area contributed by atoms with E-state index in [9.17, 15) is 0 Å². The average molecular weight is 118 g/mol. The fourth-order valence-corrected chi connectivity index (χ4v) is 0.407. The number of nitrogens with zero attached hydrogens (tertiary/aromatic N) is 2. The first kappa shape index (κ1) is 7.90. The van der Waals surface area contributed by atoms with Gasteiger partial charge in [0.05, 0.1) is 0 Å². The van der Waals surface area contributed by atoms with Gasteiger partial charge in [0.15, 0.2) is 0 Å². The van der Waals surface area contributed by atoms with Crippen LogP contribution in [0.4, 0.5) is 0 Å². The molecule has 0 N–H and O–H groups in total. The molecular weight excluding hydrogens is 115 g/mol.